The highest BCUT2D eigenvalue weighted by atomic mass is 32.2. The van der Waals surface area contributed by atoms with Crippen LogP contribution in [0.2, 0.25) is 0 Å². The van der Waals surface area contributed by atoms with E-state index in [1.54, 1.807) is 0 Å². The van der Waals surface area contributed by atoms with Gasteiger partial charge in [0.1, 0.15) is 0 Å². The molecule has 2 N–H and O–H groups in total. The molecule has 7 heteroatoms. The van der Waals surface area contributed by atoms with Gasteiger partial charge in [0.15, 0.2) is 0 Å². The van der Waals surface area contributed by atoms with Crippen LogP contribution in [0.25, 0.3) is 0 Å². The molecule has 0 atom stereocenters. The number of benzene rings is 2. The number of amides is 1. The average Bonchev–Trinajstić information content (AvgIpc) is 2.65. The predicted octanol–water partition coefficient (Wildman–Crippen LogP) is 7.43. The molecule has 188 valence electrons. The standard InChI is InChI=1S/C27H40N2O4S/c1-17(2)19-13-11-14-20(18(3)4)23(19)29-34(31,32)33-25(30)28-24-21(26(5,6)7)15-12-16-22(24)27(8,9)10/h11-18,29H,1-10H3,(H,28,30). The first-order valence-corrected chi connectivity index (χ1v) is 13.1. The van der Waals surface area contributed by atoms with E-state index in [0.717, 1.165) is 22.3 Å². The van der Waals surface area contributed by atoms with E-state index < -0.39 is 16.4 Å². The Morgan fingerprint density at radius 3 is 1.56 bits per heavy atom. The van der Waals surface area contributed by atoms with Gasteiger partial charge in [-0.15, -0.1) is 0 Å². The van der Waals surface area contributed by atoms with Gasteiger partial charge in [-0.25, -0.2) is 4.79 Å². The second-order valence-corrected chi connectivity index (χ2v) is 12.7. The molecule has 0 saturated carbocycles. The van der Waals surface area contributed by atoms with Crippen molar-refractivity contribution >= 4 is 27.8 Å². The zero-order chi connectivity index (χ0) is 26.1. The number of carbonyl (C=O) groups is 1. The maximum Gasteiger partial charge on any atom is 0.428 e. The minimum Gasteiger partial charge on any atom is -0.311 e. The molecular formula is C27H40N2O4S. The second kappa shape index (κ2) is 9.98. The lowest BCUT2D eigenvalue weighted by atomic mass is 9.79. The van der Waals surface area contributed by atoms with E-state index in [1.807, 2.05) is 106 Å². The summed E-state index contributed by atoms with van der Waals surface area (Å²) >= 11 is 0. The molecule has 0 aliphatic rings. The summed E-state index contributed by atoms with van der Waals surface area (Å²) < 4.78 is 33.3. The fraction of sp³-hybridized carbons (Fsp3) is 0.519. The third-order valence-electron chi connectivity index (χ3n) is 5.69. The first-order chi connectivity index (χ1) is 15.4. The fourth-order valence-electron chi connectivity index (χ4n) is 3.97. The molecule has 0 saturated heterocycles. The Bertz CT molecular complexity index is 1080. The third-order valence-corrected chi connectivity index (χ3v) is 6.52. The van der Waals surface area contributed by atoms with Crippen LogP contribution in [0.15, 0.2) is 36.4 Å². The van der Waals surface area contributed by atoms with Gasteiger partial charge >= 0.3 is 16.4 Å². The summed E-state index contributed by atoms with van der Waals surface area (Å²) in [6.45, 7) is 20.2. The van der Waals surface area contributed by atoms with Crippen molar-refractivity contribution in [2.45, 2.75) is 91.9 Å². The topological polar surface area (TPSA) is 84.5 Å². The first kappa shape index (κ1) is 27.7. The normalized spacial score (nSPS) is 12.7. The van der Waals surface area contributed by atoms with Crippen LogP contribution < -0.4 is 10.0 Å². The number of hydrogen-bond donors (Lipinski definition) is 2. The van der Waals surface area contributed by atoms with Crippen LogP contribution in [0.1, 0.15) is 103 Å². The van der Waals surface area contributed by atoms with E-state index in [0.29, 0.717) is 11.4 Å². The summed E-state index contributed by atoms with van der Waals surface area (Å²) in [5.74, 6) is 0.163. The minimum atomic E-state index is -4.42. The van der Waals surface area contributed by atoms with E-state index in [-0.39, 0.29) is 22.7 Å². The molecular weight excluding hydrogens is 448 g/mol. The Labute approximate surface area is 205 Å². The first-order valence-electron chi connectivity index (χ1n) is 11.7. The molecule has 2 rings (SSSR count). The average molecular weight is 489 g/mol. The van der Waals surface area contributed by atoms with E-state index in [2.05, 4.69) is 10.0 Å². The molecule has 0 heterocycles. The molecule has 0 unspecified atom stereocenters. The Morgan fingerprint density at radius 1 is 0.765 bits per heavy atom. The summed E-state index contributed by atoms with van der Waals surface area (Å²) in [7, 11) is -4.42. The number of rotatable bonds is 6. The third kappa shape index (κ3) is 6.75. The van der Waals surface area contributed by atoms with Crippen molar-refractivity contribution in [2.75, 3.05) is 10.0 Å². The van der Waals surface area contributed by atoms with E-state index in [4.69, 9.17) is 4.18 Å². The number of anilines is 2. The lowest BCUT2D eigenvalue weighted by Crippen LogP contribution is -2.28. The zero-order valence-corrected chi connectivity index (χ0v) is 23.0. The van der Waals surface area contributed by atoms with Crippen LogP contribution in [0.5, 0.6) is 0 Å². The van der Waals surface area contributed by atoms with E-state index >= 15 is 0 Å². The monoisotopic (exact) mass is 488 g/mol. The Hall–Kier alpha value is -2.54. The maximum atomic E-state index is 12.9. The lowest BCUT2D eigenvalue weighted by molar-refractivity contribution is 0.217. The summed E-state index contributed by atoms with van der Waals surface area (Å²) in [5, 5.41) is 2.73. The number of nitrogens with one attached hydrogen (secondary N) is 2. The predicted molar refractivity (Wildman–Crippen MR) is 141 cm³/mol. The zero-order valence-electron chi connectivity index (χ0n) is 22.2. The van der Waals surface area contributed by atoms with E-state index in [1.165, 1.54) is 0 Å². The van der Waals surface area contributed by atoms with Gasteiger partial charge in [-0.1, -0.05) is 106 Å². The second-order valence-electron chi connectivity index (χ2n) is 11.4. The van der Waals surface area contributed by atoms with Crippen LogP contribution in [0, 0.1) is 0 Å². The van der Waals surface area contributed by atoms with Crippen LogP contribution >= 0.6 is 0 Å². The molecule has 0 aliphatic heterocycles. The molecule has 6 nitrogen and oxygen atoms in total. The van der Waals surface area contributed by atoms with Crippen LogP contribution in [0.4, 0.5) is 16.2 Å². The van der Waals surface area contributed by atoms with Gasteiger partial charge in [-0.2, -0.15) is 8.42 Å². The van der Waals surface area contributed by atoms with Crippen molar-refractivity contribution in [1.29, 1.82) is 0 Å². The van der Waals surface area contributed by atoms with Crippen LogP contribution in [0.3, 0.4) is 0 Å². The van der Waals surface area contributed by atoms with Gasteiger partial charge in [-0.05, 0) is 44.9 Å². The van der Waals surface area contributed by atoms with Gasteiger partial charge in [0.25, 0.3) is 0 Å². The SMILES string of the molecule is CC(C)c1cccc(C(C)C)c1NS(=O)(=O)OC(=O)Nc1c(C(C)(C)C)cccc1C(C)(C)C. The number of carbonyl (C=O) groups excluding carboxylic acids is 1. The maximum absolute atomic E-state index is 12.9. The van der Waals surface area contributed by atoms with Gasteiger partial charge in [0.2, 0.25) is 0 Å². The Morgan fingerprint density at radius 2 is 1.18 bits per heavy atom. The number of hydrogen-bond acceptors (Lipinski definition) is 4. The molecule has 0 spiro atoms. The van der Waals surface area contributed by atoms with Crippen LogP contribution in [-0.4, -0.2) is 14.5 Å². The molecule has 0 radical (unpaired) electrons. The van der Waals surface area contributed by atoms with Crippen molar-refractivity contribution in [1.82, 2.24) is 0 Å². The summed E-state index contributed by atoms with van der Waals surface area (Å²) in [6.07, 6.45) is -1.05. The minimum absolute atomic E-state index is 0.0817. The molecule has 2 aromatic carbocycles. The van der Waals surface area contributed by atoms with Crippen molar-refractivity contribution in [3.63, 3.8) is 0 Å². The summed E-state index contributed by atoms with van der Waals surface area (Å²) in [4.78, 5) is 12.9. The molecule has 2 aromatic rings. The quantitative estimate of drug-likeness (QED) is 0.443. The molecule has 34 heavy (non-hydrogen) atoms. The van der Waals surface area contributed by atoms with Gasteiger partial charge in [-0.3, -0.25) is 10.0 Å². The highest BCUT2D eigenvalue weighted by Gasteiger charge is 2.28. The summed E-state index contributed by atoms with van der Waals surface area (Å²) in [5.41, 5.74) is 3.97. The van der Waals surface area contributed by atoms with E-state index in [9.17, 15) is 13.2 Å². The molecule has 0 aliphatic carbocycles. The Balaban J connectivity index is 2.41. The summed E-state index contributed by atoms with van der Waals surface area (Å²) in [6, 6.07) is 11.5. The lowest BCUT2D eigenvalue weighted by Gasteiger charge is -2.29. The van der Waals surface area contributed by atoms with Gasteiger partial charge < -0.3 is 4.18 Å². The smallest absolute Gasteiger partial charge is 0.311 e. The van der Waals surface area contributed by atoms with Crippen molar-refractivity contribution in [3.05, 3.63) is 58.7 Å². The van der Waals surface area contributed by atoms with Crippen molar-refractivity contribution in [3.8, 4) is 0 Å². The molecule has 1 amide bonds. The highest BCUT2D eigenvalue weighted by Crippen LogP contribution is 2.38. The van der Waals surface area contributed by atoms with Crippen LogP contribution in [-0.2, 0) is 25.3 Å². The number of para-hydroxylation sites is 2. The van der Waals surface area contributed by atoms with Crippen molar-refractivity contribution in [2.24, 2.45) is 0 Å². The molecule has 0 fully saturated rings. The largest absolute Gasteiger partial charge is 0.428 e. The van der Waals surface area contributed by atoms with Crippen molar-refractivity contribution < 1.29 is 17.4 Å². The highest BCUT2D eigenvalue weighted by molar-refractivity contribution is 7.88. The van der Waals surface area contributed by atoms with Gasteiger partial charge in [0, 0.05) is 0 Å². The van der Waals surface area contributed by atoms with Gasteiger partial charge in [0.05, 0.1) is 11.4 Å². The fourth-order valence-corrected chi connectivity index (χ4v) is 4.74. The molecule has 0 aromatic heterocycles. The Kier molecular flexibility index (Phi) is 8.13. The molecule has 0 bridgehead atoms.